The van der Waals surface area contributed by atoms with Gasteiger partial charge in [0.2, 0.25) is 39.3 Å². The Bertz CT molecular complexity index is 6750. The van der Waals surface area contributed by atoms with Crippen LogP contribution in [0.15, 0.2) is 466 Å². The van der Waals surface area contributed by atoms with Gasteiger partial charge in [0, 0.05) is 10.0 Å². The molecule has 16 aromatic carbocycles. The van der Waals surface area contributed by atoms with Gasteiger partial charge in [-0.2, -0.15) is 0 Å². The molecule has 0 unspecified atom stereocenters. The van der Waals surface area contributed by atoms with Crippen LogP contribution >= 0.6 is 34.8 Å². The molecule has 0 aliphatic rings. The summed E-state index contributed by atoms with van der Waals surface area (Å²) in [5.74, 6) is 6.48. The molecule has 0 atom stereocenters. The first-order valence-corrected chi connectivity index (χ1v) is 50.0. The van der Waals surface area contributed by atoms with Crippen LogP contribution in [0.1, 0.15) is 2.85 Å². The predicted molar refractivity (Wildman–Crippen MR) is 540 cm³/mol. The number of aromatic hydroxyl groups is 2. The summed E-state index contributed by atoms with van der Waals surface area (Å²) in [5, 5.41) is 58.7. The summed E-state index contributed by atoms with van der Waals surface area (Å²) in [6, 6.07) is 107. The van der Waals surface area contributed by atoms with Crippen LogP contribution < -0.4 is 357 Å². The second-order valence-corrected chi connectivity index (χ2v) is 38.3. The van der Waals surface area contributed by atoms with Crippen molar-refractivity contribution in [3.63, 3.8) is 0 Å². The number of phenols is 2. The van der Waals surface area contributed by atoms with Crippen molar-refractivity contribution in [1.29, 1.82) is 0 Å². The van der Waals surface area contributed by atoms with Gasteiger partial charge in [-0.25, -0.2) is 33.7 Å². The summed E-state index contributed by atoms with van der Waals surface area (Å²) in [7, 11) is -14.6. The number of hydrogen-bond acceptors (Lipinski definition) is 27. The van der Waals surface area contributed by atoms with Gasteiger partial charge >= 0.3 is 308 Å². The van der Waals surface area contributed by atoms with Crippen LogP contribution in [-0.4, -0.2) is 95.7 Å². The maximum atomic E-state index is 13.4. The monoisotopic (exact) mass is 2310 g/mol. The number of alkyl halides is 1. The molecule has 0 heterocycles. The van der Waals surface area contributed by atoms with E-state index in [2.05, 4.69) is 34.2 Å². The summed E-state index contributed by atoms with van der Waals surface area (Å²) in [5.41, 5.74) is 7.87. The second-order valence-electron chi connectivity index (χ2n) is 29.3. The number of benzene rings is 16. The van der Waals surface area contributed by atoms with E-state index in [0.717, 1.165) is 56.0 Å². The van der Waals surface area contributed by atoms with E-state index in [1.165, 1.54) is 164 Å². The maximum absolute atomic E-state index is 13.4. The van der Waals surface area contributed by atoms with Gasteiger partial charge in [0.25, 0.3) is 12.9 Å². The fraction of sp³-hybridized carbons (Fsp3) is 0.0545. The third-order valence-corrected chi connectivity index (χ3v) is 27.6. The fourth-order valence-corrected chi connectivity index (χ4v) is 18.1. The number of hydrogen-bond donors (Lipinski definition) is 2. The molecule has 0 saturated heterocycles. The van der Waals surface area contributed by atoms with Crippen molar-refractivity contribution in [2.45, 2.75) is 39.2 Å². The molecule has 0 aliphatic heterocycles. The number of halogens is 3. The molecular formula is C110H91Cl3K6O27S4. The maximum Gasteiger partial charge on any atom is 1.00 e. The number of sulfone groups is 4. The summed E-state index contributed by atoms with van der Waals surface area (Å²) in [6.45, 7) is 12.3. The normalized spacial score (nSPS) is 10.2. The topological polar surface area (TPSA) is 405 Å². The summed E-state index contributed by atoms with van der Waals surface area (Å²) >= 11 is 16.6. The van der Waals surface area contributed by atoms with Gasteiger partial charge in [-0.3, -0.25) is 9.59 Å². The Labute approximate surface area is 1140 Å². The number of phenolic OH excluding ortho intramolecular Hbond substituents is 2. The van der Waals surface area contributed by atoms with Crippen LogP contribution in [0, 0.1) is 0 Å². The van der Waals surface area contributed by atoms with Crippen molar-refractivity contribution in [2.75, 3.05) is 38.9 Å². The molecule has 150 heavy (non-hydrogen) atoms. The number of ether oxygens (including phenoxy) is 9. The van der Waals surface area contributed by atoms with E-state index in [9.17, 15) is 43.9 Å². The van der Waals surface area contributed by atoms with Gasteiger partial charge in [0.05, 0.1) is 63.8 Å². The molecule has 2 N–H and O–H groups in total. The van der Waals surface area contributed by atoms with E-state index in [4.69, 9.17) is 103 Å². The van der Waals surface area contributed by atoms with E-state index < -0.39 is 39.3 Å². The SMILES string of the molecule is C=COCCCl.C=COCCOc1ccc(-c2ccc(Oc3ccc(S(=O)(=O)c4ccc(Oc5ccc(-c6ccc(OCCOC=C)cc6)cc5)cc4)cc3)cc2)cc1.O=CO[O-].O=CO[O-].O=S(=O)(c1ccc(Cl)cc1)c1ccc(Cl)cc1.O=S(=O)(c1ccc(O)cc1)c1ccc(O)cc1.O=S(=O)(c1ccc(Oc2ccc(-c3ccc([O-])cc3)cc2)cc1)c1ccc(Oc2ccc(-c3ccc([O-])cc3)cc2)cc1.[H-].[H-].[K+].[K+].[K+].[K+].[K+].[K+]. The molecule has 0 aliphatic carbocycles. The standard InChI is InChI=1S/C44H38O8S.C36H26O6S.C12H8Cl2O2S.C12H10O4S.C4H7ClO.2CH2O3.6K.2H/c1-3-47-29-31-49-37-13-5-33(6-14-37)35-9-17-39(18-10-35)51-41-21-25-43(26-22-41)53(45,46)44-27-23-42(24-28-44)52-40-19-11-36(12-20-40)34-7-15-38(16-8-34)50-32-30-48-4-2;37-29-9-1-25(2-10-29)27-5-13-31(14-6-27)41-33-17-21-35(22-18-33)43(39,40)36-23-19-34(20-24-36)42-32-15-7-28(8-16-32)26-3-11-30(38)12-4-26;2*13-9-1-5-11(6-2-9)17(15,16)12-7-3-10(14)4-8-12;1-2-6-4-3-5;2*2-1-4-3;;;;;;;;/h3-28H,1-2,29-32H2;1-24,37-38H;1-8H;1-8,13-14H;2H,1,3-4H2;2*1,3H;;;;;;;;/q;;;;;;;6*+1;2*-1/p-4. The quantitative estimate of drug-likeness (QED) is 0.0106. The third kappa shape index (κ3) is 44.5. The molecule has 16 rings (SSSR count). The van der Waals surface area contributed by atoms with Crippen LogP contribution in [0.2, 0.25) is 10.0 Å². The van der Waals surface area contributed by atoms with Gasteiger partial charge in [0.15, 0.2) is 0 Å². The fourth-order valence-electron chi connectivity index (χ4n) is 12.7. The van der Waals surface area contributed by atoms with Crippen LogP contribution in [0.5, 0.6) is 80.5 Å². The molecule has 0 saturated carbocycles. The molecule has 0 amide bonds. The molecule has 27 nitrogen and oxygen atoms in total. The number of carbonyl (C=O) groups is 2. The third-order valence-electron chi connectivity index (χ3n) is 19.8. The number of rotatable bonds is 35. The Balaban J connectivity index is 0.000000698. The minimum Gasteiger partial charge on any atom is -1.00 e. The van der Waals surface area contributed by atoms with Gasteiger partial charge in [-0.1, -0.05) is 164 Å². The summed E-state index contributed by atoms with van der Waals surface area (Å²) in [6.07, 6.45) is 4.16. The first-order chi connectivity index (χ1) is 69.5. The minimum absolute atomic E-state index is 0. The van der Waals surface area contributed by atoms with Crippen molar-refractivity contribution >= 4 is 87.1 Å². The molecule has 0 radical (unpaired) electrons. The largest absolute Gasteiger partial charge is 1.00 e. The zero-order valence-corrected chi connectivity index (χ0v) is 106. The van der Waals surface area contributed by atoms with Gasteiger partial charge in [-0.15, -0.1) is 23.1 Å². The summed E-state index contributed by atoms with van der Waals surface area (Å²) < 4.78 is 152. The first-order valence-electron chi connectivity index (χ1n) is 42.8. The van der Waals surface area contributed by atoms with Gasteiger partial charge in [0.1, 0.15) is 102 Å². The molecule has 16 aromatic rings. The van der Waals surface area contributed by atoms with Crippen molar-refractivity contribution in [3.05, 3.63) is 437 Å². The molecule has 0 aromatic heterocycles. The Morgan fingerprint density at radius 2 is 0.400 bits per heavy atom. The van der Waals surface area contributed by atoms with Crippen LogP contribution in [0.3, 0.4) is 0 Å². The van der Waals surface area contributed by atoms with Gasteiger partial charge < -0.3 is 86.2 Å². The average molecular weight is 2310 g/mol. The molecule has 0 bridgehead atoms. The van der Waals surface area contributed by atoms with Crippen LogP contribution in [0.25, 0.3) is 44.5 Å². The second kappa shape index (κ2) is 71.7. The Hall–Kier alpha value is -6.51. The van der Waals surface area contributed by atoms with Crippen molar-refractivity contribution in [1.82, 2.24) is 0 Å². The van der Waals surface area contributed by atoms with E-state index in [-0.39, 0.29) is 386 Å². The molecular weight excluding hydrogens is 2220 g/mol. The van der Waals surface area contributed by atoms with Crippen molar-refractivity contribution in [2.24, 2.45) is 0 Å². The van der Waals surface area contributed by atoms with E-state index in [1.807, 2.05) is 146 Å². The van der Waals surface area contributed by atoms with E-state index in [0.29, 0.717) is 95.0 Å². The Morgan fingerprint density at radius 3 is 0.567 bits per heavy atom. The van der Waals surface area contributed by atoms with Crippen molar-refractivity contribution < 1.29 is 438 Å². The van der Waals surface area contributed by atoms with Crippen molar-refractivity contribution in [3.8, 4) is 125 Å². The van der Waals surface area contributed by atoms with Crippen LogP contribution in [-0.2, 0) is 72.9 Å². The molecule has 0 fully saturated rings. The Kier molecular flexibility index (Phi) is 64.9. The van der Waals surface area contributed by atoms with Crippen LogP contribution in [0.4, 0.5) is 0 Å². The zero-order valence-electron chi connectivity index (χ0n) is 84.1. The predicted octanol–water partition coefficient (Wildman–Crippen LogP) is 4.36. The van der Waals surface area contributed by atoms with E-state index >= 15 is 0 Å². The molecule has 744 valence electrons. The first kappa shape index (κ1) is 136. The summed E-state index contributed by atoms with van der Waals surface area (Å²) in [4.78, 5) is 23.7. The zero-order chi connectivity index (χ0) is 103. The minimum atomic E-state index is -3.76. The molecule has 40 heteroatoms. The van der Waals surface area contributed by atoms with E-state index in [1.54, 1.807) is 97.1 Å². The number of carbonyl (C=O) groups excluding carboxylic acids is 2. The van der Waals surface area contributed by atoms with Gasteiger partial charge in [-0.05, 0) is 311 Å². The molecule has 0 spiro atoms. The Morgan fingerprint density at radius 1 is 0.247 bits per heavy atom. The smallest absolute Gasteiger partial charge is 1.00 e. The average Bonchev–Trinajstić information content (AvgIpc) is 0.803.